The summed E-state index contributed by atoms with van der Waals surface area (Å²) >= 11 is 0. The zero-order valence-electron chi connectivity index (χ0n) is 17.3. The molecule has 0 spiro atoms. The highest BCUT2D eigenvalue weighted by atomic mass is 16.2. The largest absolute Gasteiger partial charge is 0.342 e. The van der Waals surface area contributed by atoms with Crippen LogP contribution in [-0.4, -0.2) is 73.4 Å². The zero-order chi connectivity index (χ0) is 20.3. The van der Waals surface area contributed by atoms with Crippen molar-refractivity contribution in [1.29, 1.82) is 0 Å². The molecule has 3 aromatic rings. The van der Waals surface area contributed by atoms with Gasteiger partial charge in [-0.15, -0.1) is 5.10 Å². The monoisotopic (exact) mass is 407 g/mol. The summed E-state index contributed by atoms with van der Waals surface area (Å²) in [5, 5.41) is 8.36. The second-order valence-corrected chi connectivity index (χ2v) is 8.50. The van der Waals surface area contributed by atoms with Crippen LogP contribution in [0.2, 0.25) is 0 Å². The van der Waals surface area contributed by atoms with Gasteiger partial charge in [0.2, 0.25) is 0 Å². The number of nitrogens with one attached hydrogen (secondary N) is 1. The summed E-state index contributed by atoms with van der Waals surface area (Å²) in [6.07, 6.45) is 7.70. The van der Waals surface area contributed by atoms with E-state index in [1.165, 1.54) is 19.3 Å². The third-order valence-corrected chi connectivity index (χ3v) is 6.35. The van der Waals surface area contributed by atoms with Gasteiger partial charge >= 0.3 is 0 Å². The lowest BCUT2D eigenvalue weighted by molar-refractivity contribution is 0.0699. The van der Waals surface area contributed by atoms with E-state index in [2.05, 4.69) is 20.2 Å². The number of benzene rings is 1. The van der Waals surface area contributed by atoms with Crippen LogP contribution in [-0.2, 0) is 6.54 Å². The molecular formula is C22H29N7O. The van der Waals surface area contributed by atoms with Crippen LogP contribution in [0.1, 0.15) is 54.3 Å². The average Bonchev–Trinajstić information content (AvgIpc) is 3.45. The van der Waals surface area contributed by atoms with Gasteiger partial charge in [-0.3, -0.25) is 9.48 Å². The molecule has 0 saturated carbocycles. The number of aromatic nitrogens is 5. The van der Waals surface area contributed by atoms with E-state index >= 15 is 0 Å². The number of hydrogen-bond donors (Lipinski definition) is 1. The SMILES string of the molecule is O=C(c1cn(CCN2CCCCC2)nn1)N1CCC[C@H](c2nc3ccccc3[nH]2)C1. The maximum absolute atomic E-state index is 13.0. The first kappa shape index (κ1) is 19.2. The molecule has 1 atom stereocenters. The summed E-state index contributed by atoms with van der Waals surface area (Å²) in [5.41, 5.74) is 2.47. The van der Waals surface area contributed by atoms with E-state index in [0.29, 0.717) is 12.2 Å². The minimum absolute atomic E-state index is 0.0277. The van der Waals surface area contributed by atoms with Crippen molar-refractivity contribution in [3.63, 3.8) is 0 Å². The summed E-state index contributed by atoms with van der Waals surface area (Å²) in [6.45, 7) is 5.50. The molecule has 4 heterocycles. The van der Waals surface area contributed by atoms with Gasteiger partial charge in [0.1, 0.15) is 5.82 Å². The molecule has 2 aliphatic heterocycles. The number of nitrogens with zero attached hydrogens (tertiary/aromatic N) is 6. The molecule has 0 aliphatic carbocycles. The molecule has 158 valence electrons. The smallest absolute Gasteiger partial charge is 0.276 e. The van der Waals surface area contributed by atoms with E-state index in [1.807, 2.05) is 33.8 Å². The number of piperidine rings is 2. The summed E-state index contributed by atoms with van der Waals surface area (Å²) in [4.78, 5) is 25.6. The number of carbonyl (C=O) groups excluding carboxylic acids is 1. The zero-order valence-corrected chi connectivity index (χ0v) is 17.3. The Hall–Kier alpha value is -2.74. The third-order valence-electron chi connectivity index (χ3n) is 6.35. The van der Waals surface area contributed by atoms with Crippen LogP contribution in [0.5, 0.6) is 0 Å². The van der Waals surface area contributed by atoms with Crippen molar-refractivity contribution < 1.29 is 4.79 Å². The van der Waals surface area contributed by atoms with Crippen LogP contribution in [0.4, 0.5) is 0 Å². The molecule has 8 nitrogen and oxygen atoms in total. The molecule has 2 aliphatic rings. The van der Waals surface area contributed by atoms with Crippen molar-refractivity contribution in [2.24, 2.45) is 0 Å². The van der Waals surface area contributed by atoms with E-state index in [9.17, 15) is 4.79 Å². The first-order valence-electron chi connectivity index (χ1n) is 11.1. The quantitative estimate of drug-likeness (QED) is 0.703. The molecule has 2 aromatic heterocycles. The summed E-state index contributed by atoms with van der Waals surface area (Å²) in [5.74, 6) is 1.17. The van der Waals surface area contributed by atoms with Gasteiger partial charge < -0.3 is 14.8 Å². The number of carbonyl (C=O) groups is 1. The Bertz CT molecular complexity index is 971. The van der Waals surface area contributed by atoms with Crippen LogP contribution < -0.4 is 0 Å². The number of H-pyrrole nitrogens is 1. The maximum Gasteiger partial charge on any atom is 0.276 e. The number of aromatic amines is 1. The summed E-state index contributed by atoms with van der Waals surface area (Å²) < 4.78 is 1.81. The van der Waals surface area contributed by atoms with Gasteiger partial charge in [-0.1, -0.05) is 23.8 Å². The van der Waals surface area contributed by atoms with Crippen LogP contribution >= 0.6 is 0 Å². The molecule has 2 saturated heterocycles. The predicted octanol–water partition coefficient (Wildman–Crippen LogP) is 2.66. The number of para-hydroxylation sites is 2. The Morgan fingerprint density at radius 3 is 2.80 bits per heavy atom. The molecule has 0 radical (unpaired) electrons. The number of rotatable bonds is 5. The maximum atomic E-state index is 13.0. The van der Waals surface area contributed by atoms with E-state index in [4.69, 9.17) is 4.98 Å². The van der Waals surface area contributed by atoms with Crippen LogP contribution in [0.15, 0.2) is 30.5 Å². The highest BCUT2D eigenvalue weighted by Crippen LogP contribution is 2.27. The lowest BCUT2D eigenvalue weighted by atomic mass is 9.97. The van der Waals surface area contributed by atoms with E-state index in [-0.39, 0.29) is 11.8 Å². The normalized spacial score (nSPS) is 20.7. The first-order valence-corrected chi connectivity index (χ1v) is 11.1. The fourth-order valence-electron chi connectivity index (χ4n) is 4.65. The standard InChI is InChI=1S/C22H29N7O/c30-22(20-16-29(26-25-20)14-13-27-10-4-1-5-11-27)28-12-6-7-17(15-28)21-23-18-8-2-3-9-19(18)24-21/h2-3,8-9,16-17H,1,4-7,10-15H2,(H,23,24)/t17-/m0/s1. The first-order chi connectivity index (χ1) is 14.8. The number of amides is 1. The topological polar surface area (TPSA) is 82.9 Å². The fourth-order valence-corrected chi connectivity index (χ4v) is 4.65. The van der Waals surface area contributed by atoms with Gasteiger partial charge in [0.25, 0.3) is 5.91 Å². The molecular weight excluding hydrogens is 378 g/mol. The highest BCUT2D eigenvalue weighted by molar-refractivity contribution is 5.92. The number of hydrogen-bond acceptors (Lipinski definition) is 5. The van der Waals surface area contributed by atoms with Crippen LogP contribution in [0.25, 0.3) is 11.0 Å². The minimum atomic E-state index is -0.0277. The molecule has 0 unspecified atom stereocenters. The molecule has 30 heavy (non-hydrogen) atoms. The average molecular weight is 408 g/mol. The molecule has 2 fully saturated rings. The van der Waals surface area contributed by atoms with Crippen LogP contribution in [0, 0.1) is 0 Å². The van der Waals surface area contributed by atoms with Crippen molar-refractivity contribution >= 4 is 16.9 Å². The van der Waals surface area contributed by atoms with Gasteiger partial charge in [-0.2, -0.15) is 0 Å². The van der Waals surface area contributed by atoms with E-state index in [0.717, 1.165) is 62.4 Å². The van der Waals surface area contributed by atoms with Gasteiger partial charge in [0.15, 0.2) is 5.69 Å². The molecule has 0 bridgehead atoms. The van der Waals surface area contributed by atoms with Gasteiger partial charge in [-0.05, 0) is 50.9 Å². The number of likely N-dealkylation sites (tertiary alicyclic amines) is 2. The van der Waals surface area contributed by atoms with Crippen LogP contribution in [0.3, 0.4) is 0 Å². The van der Waals surface area contributed by atoms with Gasteiger partial charge in [0, 0.05) is 25.6 Å². The van der Waals surface area contributed by atoms with Crippen molar-refractivity contribution in [2.75, 3.05) is 32.7 Å². The number of fused-ring (bicyclic) bond motifs is 1. The summed E-state index contributed by atoms with van der Waals surface area (Å²) in [6, 6.07) is 8.07. The summed E-state index contributed by atoms with van der Waals surface area (Å²) in [7, 11) is 0. The molecule has 1 N–H and O–H groups in total. The predicted molar refractivity (Wildman–Crippen MR) is 114 cm³/mol. The minimum Gasteiger partial charge on any atom is -0.342 e. The van der Waals surface area contributed by atoms with Crippen molar-refractivity contribution in [3.05, 3.63) is 42.0 Å². The van der Waals surface area contributed by atoms with Gasteiger partial charge in [0.05, 0.1) is 23.8 Å². The lowest BCUT2D eigenvalue weighted by Crippen LogP contribution is -2.39. The second kappa shape index (κ2) is 8.55. The third kappa shape index (κ3) is 4.09. The Labute approximate surface area is 176 Å². The van der Waals surface area contributed by atoms with Crippen molar-refractivity contribution in [2.45, 2.75) is 44.6 Å². The van der Waals surface area contributed by atoms with Crippen molar-refractivity contribution in [3.8, 4) is 0 Å². The van der Waals surface area contributed by atoms with Gasteiger partial charge in [-0.25, -0.2) is 4.98 Å². The highest BCUT2D eigenvalue weighted by Gasteiger charge is 2.28. The Balaban J connectivity index is 1.22. The van der Waals surface area contributed by atoms with Crippen molar-refractivity contribution in [1.82, 2.24) is 34.8 Å². The molecule has 1 aromatic carbocycles. The number of imidazole rings is 1. The Morgan fingerprint density at radius 2 is 1.93 bits per heavy atom. The fraction of sp³-hybridized carbons (Fsp3) is 0.545. The lowest BCUT2D eigenvalue weighted by Gasteiger charge is -2.31. The molecule has 8 heteroatoms. The molecule has 1 amide bonds. The molecule has 5 rings (SSSR count). The van der Waals surface area contributed by atoms with E-state index < -0.39 is 0 Å². The Morgan fingerprint density at radius 1 is 1.07 bits per heavy atom. The Kier molecular flexibility index (Phi) is 5.48. The van der Waals surface area contributed by atoms with E-state index in [1.54, 1.807) is 6.20 Å². The second-order valence-electron chi connectivity index (χ2n) is 8.50.